The molecule has 3 heterocycles. The third-order valence-electron chi connectivity index (χ3n) is 4.47. The summed E-state index contributed by atoms with van der Waals surface area (Å²) in [5, 5.41) is 17.9. The normalized spacial score (nSPS) is 22.3. The van der Waals surface area contributed by atoms with Crippen molar-refractivity contribution in [1.29, 1.82) is 5.26 Å². The minimum atomic E-state index is -0.0730. The number of thiophene rings is 2. The fraction of sp³-hybridized carbons (Fsp3) is 0.211. The van der Waals surface area contributed by atoms with Crippen molar-refractivity contribution in [1.82, 2.24) is 0 Å². The van der Waals surface area contributed by atoms with Gasteiger partial charge in [-0.25, -0.2) is 0 Å². The Morgan fingerprint density at radius 2 is 2.04 bits per heavy atom. The summed E-state index contributed by atoms with van der Waals surface area (Å²) in [5.41, 5.74) is 11.3. The summed E-state index contributed by atoms with van der Waals surface area (Å²) in [6.07, 6.45) is 5.16. The van der Waals surface area contributed by atoms with Gasteiger partial charge in [-0.3, -0.25) is 0 Å². The van der Waals surface area contributed by atoms with Gasteiger partial charge in [-0.05, 0) is 81.3 Å². The molecule has 1 aliphatic heterocycles. The van der Waals surface area contributed by atoms with Crippen LogP contribution in [0.15, 0.2) is 62.0 Å². The Hall–Kier alpha value is -2.29. The zero-order valence-electron chi connectivity index (χ0n) is 13.0. The van der Waals surface area contributed by atoms with E-state index in [0.717, 1.165) is 30.6 Å². The molecule has 3 nitrogen and oxygen atoms in total. The van der Waals surface area contributed by atoms with Gasteiger partial charge >= 0.3 is 0 Å². The molecule has 4 rings (SSSR count). The number of hydrogen-bond donors (Lipinski definition) is 1. The van der Waals surface area contributed by atoms with E-state index in [1.807, 2.05) is 5.38 Å². The molecule has 0 saturated carbocycles. The van der Waals surface area contributed by atoms with Crippen LogP contribution in [0, 0.1) is 11.3 Å². The summed E-state index contributed by atoms with van der Waals surface area (Å²) < 4.78 is 5.94. The lowest BCUT2D eigenvalue weighted by Gasteiger charge is -2.32. The standard InChI is InChI=1S/C19H16N2OS2/c20-9-16-17(14-5-7-24-11-14)15-3-1-2-13(18(15)22-19(16)21)8-12-4-6-23-10-12/h4-8,10-11,17H,1-3,21H2/b13-8-/t17-/m1/s1. The molecule has 120 valence electrons. The van der Waals surface area contributed by atoms with Crippen molar-refractivity contribution in [3.8, 4) is 6.07 Å². The van der Waals surface area contributed by atoms with Crippen LogP contribution in [0.2, 0.25) is 0 Å². The van der Waals surface area contributed by atoms with E-state index < -0.39 is 0 Å². The largest absolute Gasteiger partial charge is 0.440 e. The Kier molecular flexibility index (Phi) is 4.01. The molecule has 2 aromatic heterocycles. The van der Waals surface area contributed by atoms with Crippen LogP contribution in [-0.4, -0.2) is 0 Å². The maximum atomic E-state index is 9.59. The Labute approximate surface area is 149 Å². The number of nitrogens with two attached hydrogens (primary N) is 1. The van der Waals surface area contributed by atoms with Gasteiger partial charge in [0.05, 0.1) is 5.92 Å². The predicted molar refractivity (Wildman–Crippen MR) is 98.1 cm³/mol. The molecular formula is C19H16N2OS2. The minimum absolute atomic E-state index is 0.0730. The van der Waals surface area contributed by atoms with Gasteiger partial charge in [0, 0.05) is 0 Å². The summed E-state index contributed by atoms with van der Waals surface area (Å²) in [6.45, 7) is 0. The Balaban J connectivity index is 1.84. The summed E-state index contributed by atoms with van der Waals surface area (Å²) in [4.78, 5) is 0. The van der Waals surface area contributed by atoms with Gasteiger partial charge in [-0.1, -0.05) is 0 Å². The van der Waals surface area contributed by atoms with Crippen molar-refractivity contribution in [3.05, 3.63) is 73.1 Å². The van der Waals surface area contributed by atoms with Crippen LogP contribution < -0.4 is 5.73 Å². The minimum Gasteiger partial charge on any atom is -0.440 e. The summed E-state index contributed by atoms with van der Waals surface area (Å²) in [5.74, 6) is 1.04. The van der Waals surface area contributed by atoms with Crippen molar-refractivity contribution < 1.29 is 4.74 Å². The predicted octanol–water partition coefficient (Wildman–Crippen LogP) is 5.14. The molecule has 0 fully saturated rings. The Morgan fingerprint density at radius 3 is 2.75 bits per heavy atom. The van der Waals surface area contributed by atoms with Gasteiger partial charge in [0.25, 0.3) is 0 Å². The van der Waals surface area contributed by atoms with E-state index in [1.165, 1.54) is 16.7 Å². The Morgan fingerprint density at radius 1 is 1.21 bits per heavy atom. The molecular weight excluding hydrogens is 336 g/mol. The Bertz CT molecular complexity index is 880. The molecule has 5 heteroatoms. The van der Waals surface area contributed by atoms with Gasteiger partial charge in [-0.2, -0.15) is 27.9 Å². The van der Waals surface area contributed by atoms with Crippen LogP contribution in [0.5, 0.6) is 0 Å². The lowest BCUT2D eigenvalue weighted by Crippen LogP contribution is -2.23. The fourth-order valence-corrected chi connectivity index (χ4v) is 4.72. The van der Waals surface area contributed by atoms with Crippen molar-refractivity contribution in [3.63, 3.8) is 0 Å². The maximum Gasteiger partial charge on any atom is 0.205 e. The molecule has 0 bridgehead atoms. The maximum absolute atomic E-state index is 9.59. The van der Waals surface area contributed by atoms with Crippen molar-refractivity contribution >= 4 is 28.7 Å². The number of allylic oxidation sites excluding steroid dienone is 3. The molecule has 0 amide bonds. The molecule has 0 spiro atoms. The fourth-order valence-electron chi connectivity index (χ4n) is 3.41. The van der Waals surface area contributed by atoms with Gasteiger partial charge in [-0.15, -0.1) is 0 Å². The first-order valence-corrected chi connectivity index (χ1v) is 9.72. The lowest BCUT2D eigenvalue weighted by atomic mass is 9.77. The summed E-state index contributed by atoms with van der Waals surface area (Å²) >= 11 is 3.32. The van der Waals surface area contributed by atoms with Crippen molar-refractivity contribution in [2.75, 3.05) is 0 Å². The van der Waals surface area contributed by atoms with Crippen LogP contribution >= 0.6 is 22.7 Å². The highest BCUT2D eigenvalue weighted by Crippen LogP contribution is 2.47. The zero-order chi connectivity index (χ0) is 16.5. The van der Waals surface area contributed by atoms with Gasteiger partial charge in [0.15, 0.2) is 0 Å². The van der Waals surface area contributed by atoms with Crippen LogP contribution in [-0.2, 0) is 4.74 Å². The summed E-state index contributed by atoms with van der Waals surface area (Å²) in [7, 11) is 0. The van der Waals surface area contributed by atoms with E-state index in [-0.39, 0.29) is 11.8 Å². The number of nitrogens with zero attached hydrogens (tertiary/aromatic N) is 1. The molecule has 2 N–H and O–H groups in total. The summed E-state index contributed by atoms with van der Waals surface area (Å²) in [6, 6.07) is 6.45. The molecule has 0 aromatic carbocycles. The highest BCUT2D eigenvalue weighted by molar-refractivity contribution is 7.08. The van der Waals surface area contributed by atoms with Crippen LogP contribution in [0.1, 0.15) is 36.3 Å². The quantitative estimate of drug-likeness (QED) is 0.814. The van der Waals surface area contributed by atoms with E-state index in [0.29, 0.717) is 5.57 Å². The van der Waals surface area contributed by atoms with Crippen molar-refractivity contribution in [2.24, 2.45) is 5.73 Å². The van der Waals surface area contributed by atoms with Gasteiger partial charge in [0.1, 0.15) is 17.4 Å². The second-order valence-corrected chi connectivity index (χ2v) is 7.48. The highest BCUT2D eigenvalue weighted by atomic mass is 32.1. The molecule has 2 aromatic rings. The monoisotopic (exact) mass is 352 g/mol. The first-order valence-electron chi connectivity index (χ1n) is 7.84. The van der Waals surface area contributed by atoms with Crippen molar-refractivity contribution in [2.45, 2.75) is 25.2 Å². The molecule has 0 unspecified atom stereocenters. The first-order chi connectivity index (χ1) is 11.8. The number of ether oxygens (including phenoxy) is 1. The topological polar surface area (TPSA) is 59.0 Å². The molecule has 2 aliphatic rings. The number of hydrogen-bond acceptors (Lipinski definition) is 5. The molecule has 1 atom stereocenters. The molecule has 0 saturated heterocycles. The lowest BCUT2D eigenvalue weighted by molar-refractivity contribution is 0.277. The molecule has 0 radical (unpaired) electrons. The van der Waals surface area contributed by atoms with Crippen LogP contribution in [0.4, 0.5) is 0 Å². The second kappa shape index (κ2) is 6.31. The molecule has 1 aliphatic carbocycles. The van der Waals surface area contributed by atoms with E-state index >= 15 is 0 Å². The van der Waals surface area contributed by atoms with E-state index in [1.54, 1.807) is 22.7 Å². The second-order valence-electron chi connectivity index (χ2n) is 5.92. The average Bonchev–Trinajstić information content (AvgIpc) is 3.28. The van der Waals surface area contributed by atoms with E-state index in [2.05, 4.69) is 40.4 Å². The first kappa shape index (κ1) is 15.3. The SMILES string of the molecule is N#CC1=C(N)OC2=C(CCC/C2=C/c2ccsc2)[C@H]1c1ccsc1. The zero-order valence-corrected chi connectivity index (χ0v) is 14.6. The number of rotatable bonds is 2. The third kappa shape index (κ3) is 2.58. The third-order valence-corrected chi connectivity index (χ3v) is 5.87. The van der Waals surface area contributed by atoms with E-state index in [9.17, 15) is 5.26 Å². The highest BCUT2D eigenvalue weighted by Gasteiger charge is 2.35. The van der Waals surface area contributed by atoms with Gasteiger partial charge < -0.3 is 10.5 Å². The number of nitriles is 1. The van der Waals surface area contributed by atoms with E-state index in [4.69, 9.17) is 10.5 Å². The smallest absolute Gasteiger partial charge is 0.205 e. The molecule has 24 heavy (non-hydrogen) atoms. The van der Waals surface area contributed by atoms with Gasteiger partial charge in [0.2, 0.25) is 5.88 Å². The average molecular weight is 352 g/mol. The van der Waals surface area contributed by atoms with Crippen LogP contribution in [0.25, 0.3) is 6.08 Å². The van der Waals surface area contributed by atoms with Crippen LogP contribution in [0.3, 0.4) is 0 Å².